The molecule has 0 fully saturated rings. The van der Waals surface area contributed by atoms with E-state index in [2.05, 4.69) is 36.5 Å². The molecule has 0 aliphatic heterocycles. The molecule has 0 saturated heterocycles. The van der Waals surface area contributed by atoms with Gasteiger partial charge in [0.1, 0.15) is 11.5 Å². The molecule has 2 rings (SSSR count). The molecular weight excluding hydrogens is 302 g/mol. The van der Waals surface area contributed by atoms with Crippen LogP contribution in [-0.2, 0) is 11.2 Å². The summed E-state index contributed by atoms with van der Waals surface area (Å²) < 4.78 is 10.8. The predicted molar refractivity (Wildman–Crippen MR) is 95.6 cm³/mol. The number of aryl methyl sites for hydroxylation is 2. The highest BCUT2D eigenvalue weighted by Crippen LogP contribution is 2.19. The maximum Gasteiger partial charge on any atom is 0.260 e. The van der Waals surface area contributed by atoms with Crippen LogP contribution in [0.3, 0.4) is 0 Å². The summed E-state index contributed by atoms with van der Waals surface area (Å²) in [7, 11) is 1.60. The van der Waals surface area contributed by atoms with E-state index < -0.39 is 6.10 Å². The molecule has 0 bridgehead atoms. The first-order valence-electron chi connectivity index (χ1n) is 8.22. The maximum atomic E-state index is 12.1. The summed E-state index contributed by atoms with van der Waals surface area (Å²) in [5.74, 6) is 1.22. The smallest absolute Gasteiger partial charge is 0.260 e. The molecule has 0 spiro atoms. The molecule has 4 nitrogen and oxygen atoms in total. The van der Waals surface area contributed by atoms with Crippen LogP contribution in [0.2, 0.25) is 0 Å². The number of hydrogen-bond donors (Lipinski definition) is 1. The Morgan fingerprint density at radius 1 is 1.12 bits per heavy atom. The van der Waals surface area contributed by atoms with Crippen molar-refractivity contribution in [2.45, 2.75) is 32.8 Å². The molecule has 4 heteroatoms. The van der Waals surface area contributed by atoms with Gasteiger partial charge >= 0.3 is 0 Å². The normalized spacial score (nSPS) is 11.6. The van der Waals surface area contributed by atoms with Crippen molar-refractivity contribution in [2.24, 2.45) is 0 Å². The van der Waals surface area contributed by atoms with E-state index in [9.17, 15) is 4.79 Å². The summed E-state index contributed by atoms with van der Waals surface area (Å²) in [5.41, 5.74) is 2.56. The van der Waals surface area contributed by atoms with Gasteiger partial charge in [0, 0.05) is 12.6 Å². The largest absolute Gasteiger partial charge is 0.497 e. The van der Waals surface area contributed by atoms with Gasteiger partial charge in [-0.15, -0.1) is 0 Å². The molecule has 2 aromatic carbocycles. The molecule has 0 heterocycles. The Hall–Kier alpha value is -2.49. The molecule has 1 N–H and O–H groups in total. The zero-order valence-electron chi connectivity index (χ0n) is 14.5. The van der Waals surface area contributed by atoms with E-state index in [4.69, 9.17) is 9.47 Å². The van der Waals surface area contributed by atoms with Crippen molar-refractivity contribution in [3.05, 3.63) is 59.7 Å². The predicted octanol–water partition coefficient (Wildman–Crippen LogP) is 3.52. The van der Waals surface area contributed by atoms with Gasteiger partial charge in [0.25, 0.3) is 5.91 Å². The van der Waals surface area contributed by atoms with Crippen molar-refractivity contribution in [1.82, 2.24) is 5.32 Å². The van der Waals surface area contributed by atoms with Gasteiger partial charge in [-0.25, -0.2) is 0 Å². The molecule has 2 aromatic rings. The monoisotopic (exact) mass is 327 g/mol. The van der Waals surface area contributed by atoms with Gasteiger partial charge in [-0.3, -0.25) is 4.79 Å². The van der Waals surface area contributed by atoms with E-state index in [0.29, 0.717) is 18.0 Å². The second-order valence-corrected chi connectivity index (χ2v) is 5.82. The van der Waals surface area contributed by atoms with Gasteiger partial charge in [-0.05, 0) is 44.4 Å². The minimum absolute atomic E-state index is 0.109. The minimum atomic E-state index is -0.545. The Kier molecular flexibility index (Phi) is 6.67. The number of nitrogens with one attached hydrogen (secondary N) is 1. The van der Waals surface area contributed by atoms with Crippen LogP contribution in [0.4, 0.5) is 0 Å². The standard InChI is InChI=1S/C20H25NO3/c1-15-7-4-8-17(13-15)9-6-12-21-20(22)16(2)24-19-11-5-10-18(14-19)23-3/h4-5,7-8,10-11,13-14,16H,6,9,12H2,1-3H3,(H,21,22)/t16-/m0/s1. The summed E-state index contributed by atoms with van der Waals surface area (Å²) in [6.45, 7) is 4.47. The second-order valence-electron chi connectivity index (χ2n) is 5.82. The highest BCUT2D eigenvalue weighted by molar-refractivity contribution is 5.80. The van der Waals surface area contributed by atoms with Crippen LogP contribution in [0.5, 0.6) is 11.5 Å². The molecule has 0 saturated carbocycles. The van der Waals surface area contributed by atoms with Crippen LogP contribution in [-0.4, -0.2) is 25.7 Å². The number of benzene rings is 2. The second kappa shape index (κ2) is 8.96. The van der Waals surface area contributed by atoms with E-state index >= 15 is 0 Å². The van der Waals surface area contributed by atoms with E-state index in [1.165, 1.54) is 11.1 Å². The molecular formula is C20H25NO3. The Morgan fingerprint density at radius 3 is 2.62 bits per heavy atom. The van der Waals surface area contributed by atoms with Gasteiger partial charge in [-0.1, -0.05) is 35.9 Å². The lowest BCUT2D eigenvalue weighted by atomic mass is 10.1. The van der Waals surface area contributed by atoms with E-state index in [-0.39, 0.29) is 5.91 Å². The number of carbonyl (C=O) groups excluding carboxylic acids is 1. The lowest BCUT2D eigenvalue weighted by Gasteiger charge is -2.15. The van der Waals surface area contributed by atoms with Gasteiger partial charge in [0.05, 0.1) is 7.11 Å². The topological polar surface area (TPSA) is 47.6 Å². The molecule has 0 aliphatic carbocycles. The third-order valence-corrected chi connectivity index (χ3v) is 3.75. The van der Waals surface area contributed by atoms with Crippen LogP contribution in [0.25, 0.3) is 0 Å². The SMILES string of the molecule is COc1cccc(O[C@@H](C)C(=O)NCCCc2cccc(C)c2)c1. The summed E-state index contributed by atoms with van der Waals surface area (Å²) in [4.78, 5) is 12.1. The first kappa shape index (κ1) is 17.9. The van der Waals surface area contributed by atoms with Crippen LogP contribution in [0.15, 0.2) is 48.5 Å². The molecule has 0 unspecified atom stereocenters. The van der Waals surface area contributed by atoms with Gasteiger partial charge in [0.15, 0.2) is 6.10 Å². The Morgan fingerprint density at radius 2 is 1.88 bits per heavy atom. The third kappa shape index (κ3) is 5.61. The highest BCUT2D eigenvalue weighted by Gasteiger charge is 2.14. The van der Waals surface area contributed by atoms with Gasteiger partial charge in [-0.2, -0.15) is 0 Å². The fraction of sp³-hybridized carbons (Fsp3) is 0.350. The fourth-order valence-electron chi connectivity index (χ4n) is 2.45. The average Bonchev–Trinajstić information content (AvgIpc) is 2.58. The number of rotatable bonds is 8. The quantitative estimate of drug-likeness (QED) is 0.755. The molecule has 1 amide bonds. The molecule has 0 radical (unpaired) electrons. The zero-order chi connectivity index (χ0) is 17.4. The van der Waals surface area contributed by atoms with Crippen LogP contribution in [0.1, 0.15) is 24.5 Å². The Balaban J connectivity index is 1.73. The van der Waals surface area contributed by atoms with Crippen molar-refractivity contribution < 1.29 is 14.3 Å². The number of hydrogen-bond acceptors (Lipinski definition) is 3. The number of carbonyl (C=O) groups is 1. The number of amides is 1. The van der Waals surface area contributed by atoms with Crippen molar-refractivity contribution in [3.63, 3.8) is 0 Å². The zero-order valence-corrected chi connectivity index (χ0v) is 14.5. The lowest BCUT2D eigenvalue weighted by Crippen LogP contribution is -2.36. The van der Waals surface area contributed by atoms with Crippen molar-refractivity contribution in [1.29, 1.82) is 0 Å². The van der Waals surface area contributed by atoms with Crippen LogP contribution < -0.4 is 14.8 Å². The fourth-order valence-corrected chi connectivity index (χ4v) is 2.45. The van der Waals surface area contributed by atoms with Crippen LogP contribution >= 0.6 is 0 Å². The molecule has 128 valence electrons. The molecule has 0 aromatic heterocycles. The summed E-state index contributed by atoms with van der Waals surface area (Å²) in [6, 6.07) is 15.7. The Bertz CT molecular complexity index is 669. The first-order valence-corrected chi connectivity index (χ1v) is 8.22. The lowest BCUT2D eigenvalue weighted by molar-refractivity contribution is -0.127. The van der Waals surface area contributed by atoms with Crippen LogP contribution in [0, 0.1) is 6.92 Å². The molecule has 24 heavy (non-hydrogen) atoms. The average molecular weight is 327 g/mol. The number of methoxy groups -OCH3 is 1. The minimum Gasteiger partial charge on any atom is -0.497 e. The highest BCUT2D eigenvalue weighted by atomic mass is 16.5. The van der Waals surface area contributed by atoms with E-state index in [1.54, 1.807) is 20.1 Å². The van der Waals surface area contributed by atoms with Gasteiger partial charge in [0.2, 0.25) is 0 Å². The number of ether oxygens (including phenoxy) is 2. The van der Waals surface area contributed by atoms with E-state index in [0.717, 1.165) is 12.8 Å². The van der Waals surface area contributed by atoms with E-state index in [1.807, 2.05) is 18.2 Å². The first-order chi connectivity index (χ1) is 11.6. The Labute approximate surface area is 143 Å². The summed E-state index contributed by atoms with van der Waals surface area (Å²) in [5, 5.41) is 2.92. The summed E-state index contributed by atoms with van der Waals surface area (Å²) >= 11 is 0. The molecule has 1 atom stereocenters. The molecule has 0 aliphatic rings. The summed E-state index contributed by atoms with van der Waals surface area (Å²) in [6.07, 6.45) is 1.31. The van der Waals surface area contributed by atoms with Crippen molar-refractivity contribution in [2.75, 3.05) is 13.7 Å². The maximum absolute atomic E-state index is 12.1. The van der Waals surface area contributed by atoms with Gasteiger partial charge < -0.3 is 14.8 Å². The van der Waals surface area contributed by atoms with Crippen molar-refractivity contribution in [3.8, 4) is 11.5 Å². The van der Waals surface area contributed by atoms with Crippen molar-refractivity contribution >= 4 is 5.91 Å². The third-order valence-electron chi connectivity index (χ3n) is 3.75.